The molecule has 11 atom stereocenters. The molecule has 2 aliphatic rings. The first-order valence-corrected chi connectivity index (χ1v) is 25.6. The van der Waals surface area contributed by atoms with E-state index in [4.69, 9.17) is 37.9 Å². The number of allylic oxidation sites excluding steroid dienone is 3. The Morgan fingerprint density at radius 2 is 1.70 bits per heavy atom. The molecule has 15 nitrogen and oxygen atoms in total. The highest BCUT2D eigenvalue weighted by molar-refractivity contribution is 6.73. The molecule has 2 aliphatic heterocycles. The van der Waals surface area contributed by atoms with Crippen molar-refractivity contribution in [3.05, 3.63) is 70.3 Å². The van der Waals surface area contributed by atoms with E-state index >= 15 is 0 Å². The SMILES string of the molecule is CCOC(C)OC1(C)CCC(O[Si](CC)(CC)CC)CC(=O)OC(/C(C)=C/C=C/C(C)CC2OC2C(C)C(CC)OC(=O)N(C)C)C(C)/C=C/C1C(=O)OOc1ccc([N+](=O)[O-])cc1. The highest BCUT2D eigenvalue weighted by Crippen LogP contribution is 2.39. The molecule has 0 aliphatic carbocycles. The standard InChI is InChI=1S/C48H76N2O13Si/c1-14-41(58-47(53)49(12)13)35(9)45-42(57-45)30-32(6)20-19-21-33(7)44-34(8)22-27-40(46(52)62-61-38-25-23-37(24-26-38)50(54)55)48(11,60-36(10)56-15-2)29-28-39(31-43(51)59-44)63-64(16-3,17-4)18-5/h19-27,32,34-36,39-42,44-45H,14-18,28-31H2,1-13H3/b20-19+,27-22+,33-21+. The van der Waals surface area contributed by atoms with Gasteiger partial charge in [0.15, 0.2) is 20.4 Å². The van der Waals surface area contributed by atoms with Gasteiger partial charge in [-0.1, -0.05) is 78.8 Å². The van der Waals surface area contributed by atoms with Gasteiger partial charge in [0.05, 0.1) is 35.3 Å². The van der Waals surface area contributed by atoms with E-state index in [1.54, 1.807) is 27.1 Å². The van der Waals surface area contributed by atoms with Crippen molar-refractivity contribution in [1.29, 1.82) is 0 Å². The number of benzene rings is 1. The normalized spacial score (nSPS) is 26.9. The topological polar surface area (TPSA) is 175 Å². The quantitative estimate of drug-likeness (QED) is 0.0124. The molecular formula is C48H76N2O13Si. The smallest absolute Gasteiger partial charge is 0.409 e. The molecule has 1 fully saturated rings. The molecule has 1 aromatic rings. The number of carbonyl (C=O) groups is 3. The average Bonchev–Trinajstić information content (AvgIpc) is 4.02. The zero-order chi connectivity index (χ0) is 47.8. The second-order valence-electron chi connectivity index (χ2n) is 17.8. The first-order chi connectivity index (χ1) is 30.2. The van der Waals surface area contributed by atoms with E-state index in [1.165, 1.54) is 29.2 Å². The van der Waals surface area contributed by atoms with E-state index in [9.17, 15) is 24.5 Å². The molecule has 0 spiro atoms. The lowest BCUT2D eigenvalue weighted by molar-refractivity contribution is -0.384. The minimum Gasteiger partial charge on any atom is -0.457 e. The van der Waals surface area contributed by atoms with Gasteiger partial charge in [-0.25, -0.2) is 14.5 Å². The summed E-state index contributed by atoms with van der Waals surface area (Å²) < 4.78 is 37.5. The minimum absolute atomic E-state index is 0.00791. The second kappa shape index (κ2) is 25.6. The Morgan fingerprint density at radius 1 is 1.05 bits per heavy atom. The number of rotatable bonds is 22. The number of nitro benzene ring substituents is 1. The summed E-state index contributed by atoms with van der Waals surface area (Å²) in [7, 11) is 1.11. The summed E-state index contributed by atoms with van der Waals surface area (Å²) in [5.41, 5.74) is -0.562. The third-order valence-corrected chi connectivity index (χ3v) is 17.4. The lowest BCUT2D eigenvalue weighted by Crippen LogP contribution is -2.47. The van der Waals surface area contributed by atoms with Crippen LogP contribution in [0.2, 0.25) is 18.1 Å². The molecule has 1 amide bonds. The van der Waals surface area contributed by atoms with Crippen molar-refractivity contribution in [1.82, 2.24) is 4.90 Å². The van der Waals surface area contributed by atoms with Crippen molar-refractivity contribution in [3.63, 3.8) is 0 Å². The van der Waals surface area contributed by atoms with Crippen LogP contribution in [0.1, 0.15) is 108 Å². The number of non-ortho nitro benzene ring substituents is 1. The van der Waals surface area contributed by atoms with Crippen LogP contribution in [0, 0.1) is 33.8 Å². The molecule has 0 bridgehead atoms. The summed E-state index contributed by atoms with van der Waals surface area (Å²) in [5.74, 6) is -2.25. The zero-order valence-corrected chi connectivity index (χ0v) is 41.5. The summed E-state index contributed by atoms with van der Waals surface area (Å²) in [6.07, 6.45) is 9.31. The number of hydrogen-bond acceptors (Lipinski definition) is 13. The van der Waals surface area contributed by atoms with Gasteiger partial charge >= 0.3 is 18.0 Å². The highest BCUT2D eigenvalue weighted by Gasteiger charge is 2.47. The largest absolute Gasteiger partial charge is 0.457 e. The number of esters is 1. The second-order valence-corrected chi connectivity index (χ2v) is 22.5. The zero-order valence-electron chi connectivity index (χ0n) is 40.5. The van der Waals surface area contributed by atoms with Crippen LogP contribution in [0.15, 0.2) is 60.2 Å². The Hall–Kier alpha value is -4.09. The molecule has 64 heavy (non-hydrogen) atoms. The molecule has 11 unspecified atom stereocenters. The monoisotopic (exact) mass is 917 g/mol. The maximum atomic E-state index is 14.2. The summed E-state index contributed by atoms with van der Waals surface area (Å²) in [4.78, 5) is 63.4. The molecule has 16 heteroatoms. The van der Waals surface area contributed by atoms with Gasteiger partial charge in [-0.3, -0.25) is 19.8 Å². The minimum atomic E-state index is -2.23. The number of nitro groups is 1. The maximum absolute atomic E-state index is 14.2. The Balaban J connectivity index is 1.95. The fourth-order valence-electron chi connectivity index (χ4n) is 8.37. The number of carbonyl (C=O) groups excluding carboxylic acids is 3. The van der Waals surface area contributed by atoms with E-state index < -0.39 is 55.1 Å². The van der Waals surface area contributed by atoms with Crippen molar-refractivity contribution in [2.75, 3.05) is 20.7 Å². The first-order valence-electron chi connectivity index (χ1n) is 23.1. The lowest BCUT2D eigenvalue weighted by atomic mass is 9.82. The molecule has 1 saturated heterocycles. The van der Waals surface area contributed by atoms with Gasteiger partial charge in [-0.05, 0) is 95.1 Å². The Morgan fingerprint density at radius 3 is 2.28 bits per heavy atom. The predicted octanol–water partition coefficient (Wildman–Crippen LogP) is 10.3. The van der Waals surface area contributed by atoms with Crippen LogP contribution in [0.25, 0.3) is 0 Å². The number of epoxide rings is 1. The molecule has 0 radical (unpaired) electrons. The van der Waals surface area contributed by atoms with E-state index in [0.717, 1.165) is 30.1 Å². The fraction of sp³-hybridized carbons (Fsp3) is 0.688. The number of ether oxygens (including phenoxy) is 5. The number of cyclic esters (lactones) is 1. The van der Waals surface area contributed by atoms with Gasteiger partial charge in [0.1, 0.15) is 18.1 Å². The molecule has 0 aromatic heterocycles. The van der Waals surface area contributed by atoms with Gasteiger partial charge < -0.3 is 33.0 Å². The Labute approximate surface area is 382 Å². The van der Waals surface area contributed by atoms with Gasteiger partial charge in [0.2, 0.25) is 0 Å². The van der Waals surface area contributed by atoms with Crippen molar-refractivity contribution < 1.29 is 57.2 Å². The van der Waals surface area contributed by atoms with Gasteiger partial charge in [0, 0.05) is 44.7 Å². The Bertz CT molecular complexity index is 1740. The van der Waals surface area contributed by atoms with Crippen molar-refractivity contribution >= 4 is 32.0 Å². The molecule has 0 saturated carbocycles. The van der Waals surface area contributed by atoms with E-state index in [0.29, 0.717) is 25.9 Å². The molecule has 2 heterocycles. The van der Waals surface area contributed by atoms with E-state index in [1.807, 2.05) is 52.8 Å². The van der Waals surface area contributed by atoms with Crippen molar-refractivity contribution in [2.45, 2.75) is 169 Å². The summed E-state index contributed by atoms with van der Waals surface area (Å²) in [6, 6.07) is 7.84. The van der Waals surface area contributed by atoms with Crippen LogP contribution in [-0.4, -0.2) is 99.3 Å². The summed E-state index contributed by atoms with van der Waals surface area (Å²) in [6.45, 7) is 22.3. The van der Waals surface area contributed by atoms with Crippen molar-refractivity contribution in [2.24, 2.45) is 23.7 Å². The summed E-state index contributed by atoms with van der Waals surface area (Å²) in [5, 5.41) is 11.2. The first kappa shape index (κ1) is 54.2. The van der Waals surface area contributed by atoms with E-state index in [2.05, 4.69) is 40.7 Å². The molecule has 0 N–H and O–H groups in total. The average molecular weight is 917 g/mol. The van der Waals surface area contributed by atoms with Crippen LogP contribution >= 0.6 is 0 Å². The van der Waals surface area contributed by atoms with E-state index in [-0.39, 0.29) is 60.1 Å². The van der Waals surface area contributed by atoms with Gasteiger partial charge in [-0.15, -0.1) is 0 Å². The third-order valence-electron chi connectivity index (χ3n) is 12.7. The Kier molecular flexibility index (Phi) is 21.7. The third kappa shape index (κ3) is 16.1. The number of amides is 1. The summed E-state index contributed by atoms with van der Waals surface area (Å²) >= 11 is 0. The lowest BCUT2D eigenvalue weighted by Gasteiger charge is -2.39. The number of hydrogen-bond donors (Lipinski definition) is 0. The molecule has 360 valence electrons. The van der Waals surface area contributed by atoms with Crippen LogP contribution < -0.4 is 4.89 Å². The molecule has 1 aromatic carbocycles. The maximum Gasteiger partial charge on any atom is 0.409 e. The van der Waals surface area contributed by atoms with Crippen LogP contribution in [0.4, 0.5) is 10.5 Å². The number of nitrogens with zero attached hydrogens (tertiary/aromatic N) is 2. The molecule has 3 rings (SSSR count). The van der Waals surface area contributed by atoms with Gasteiger partial charge in [0.25, 0.3) is 5.69 Å². The van der Waals surface area contributed by atoms with Crippen molar-refractivity contribution in [3.8, 4) is 5.75 Å². The van der Waals surface area contributed by atoms with Crippen LogP contribution in [0.5, 0.6) is 5.75 Å². The fourth-order valence-corrected chi connectivity index (χ4v) is 11.3. The van der Waals surface area contributed by atoms with Crippen LogP contribution in [0.3, 0.4) is 0 Å². The highest BCUT2D eigenvalue weighted by atomic mass is 28.4. The molecular weight excluding hydrogens is 841 g/mol. The predicted molar refractivity (Wildman–Crippen MR) is 247 cm³/mol. The van der Waals surface area contributed by atoms with Crippen LogP contribution in [-0.2, 0) is 42.6 Å². The van der Waals surface area contributed by atoms with Gasteiger partial charge in [-0.2, -0.15) is 0 Å².